The molecule has 3 N–H and O–H groups in total. The Kier molecular flexibility index (Phi) is 4.04. The van der Waals surface area contributed by atoms with Crippen LogP contribution in [0.3, 0.4) is 0 Å². The fourth-order valence-corrected chi connectivity index (χ4v) is 3.31. The minimum Gasteiger partial charge on any atom is -0.328 e. The van der Waals surface area contributed by atoms with Gasteiger partial charge in [0.05, 0.1) is 0 Å². The Balaban J connectivity index is 1.73. The van der Waals surface area contributed by atoms with E-state index in [1.165, 1.54) is 51.4 Å². The molecule has 0 saturated heterocycles. The first-order valence-corrected chi connectivity index (χ1v) is 6.77. The molecule has 2 heteroatoms. The monoisotopic (exact) mass is 210 g/mol. The van der Waals surface area contributed by atoms with Crippen LogP contribution >= 0.6 is 0 Å². The third kappa shape index (κ3) is 3.18. The van der Waals surface area contributed by atoms with Gasteiger partial charge >= 0.3 is 0 Å². The highest BCUT2D eigenvalue weighted by molar-refractivity contribution is 4.86. The van der Waals surface area contributed by atoms with Crippen molar-refractivity contribution in [3.63, 3.8) is 0 Å². The maximum absolute atomic E-state index is 5.94. The molecule has 0 bridgehead atoms. The molecule has 2 rings (SSSR count). The SMILES string of the molecule is CC(NC1CCC(N)C1)C1CCCCC1. The van der Waals surface area contributed by atoms with Crippen LogP contribution < -0.4 is 11.1 Å². The van der Waals surface area contributed by atoms with Crippen LogP contribution in [0.5, 0.6) is 0 Å². The average Bonchev–Trinajstić information content (AvgIpc) is 2.65. The highest BCUT2D eigenvalue weighted by atomic mass is 15.0. The zero-order valence-corrected chi connectivity index (χ0v) is 10.0. The van der Waals surface area contributed by atoms with E-state index in [2.05, 4.69) is 12.2 Å². The van der Waals surface area contributed by atoms with E-state index in [0.29, 0.717) is 18.1 Å². The molecule has 2 aliphatic carbocycles. The van der Waals surface area contributed by atoms with Gasteiger partial charge in [-0.3, -0.25) is 0 Å². The molecule has 15 heavy (non-hydrogen) atoms. The number of nitrogens with two attached hydrogens (primary N) is 1. The fourth-order valence-electron chi connectivity index (χ4n) is 3.31. The van der Waals surface area contributed by atoms with Gasteiger partial charge in [-0.2, -0.15) is 0 Å². The first-order valence-electron chi connectivity index (χ1n) is 6.77. The van der Waals surface area contributed by atoms with Gasteiger partial charge in [0, 0.05) is 18.1 Å². The minimum absolute atomic E-state index is 0.459. The Hall–Kier alpha value is -0.0800. The van der Waals surface area contributed by atoms with Crippen LogP contribution in [0.25, 0.3) is 0 Å². The van der Waals surface area contributed by atoms with Crippen LogP contribution in [0.15, 0.2) is 0 Å². The molecule has 0 spiro atoms. The van der Waals surface area contributed by atoms with Crippen molar-refractivity contribution in [2.45, 2.75) is 76.4 Å². The molecule has 2 nitrogen and oxygen atoms in total. The molecule has 0 aromatic rings. The van der Waals surface area contributed by atoms with Crippen LogP contribution in [0.2, 0.25) is 0 Å². The minimum atomic E-state index is 0.459. The van der Waals surface area contributed by atoms with Crippen LogP contribution in [-0.4, -0.2) is 18.1 Å². The summed E-state index contributed by atoms with van der Waals surface area (Å²) in [4.78, 5) is 0. The quantitative estimate of drug-likeness (QED) is 0.751. The fraction of sp³-hybridized carbons (Fsp3) is 1.00. The summed E-state index contributed by atoms with van der Waals surface area (Å²) in [5, 5.41) is 3.80. The predicted molar refractivity (Wildman–Crippen MR) is 64.8 cm³/mol. The molecule has 3 unspecified atom stereocenters. The van der Waals surface area contributed by atoms with Crippen molar-refractivity contribution < 1.29 is 0 Å². The zero-order valence-electron chi connectivity index (χ0n) is 10.0. The summed E-state index contributed by atoms with van der Waals surface area (Å²) in [5.41, 5.74) is 5.94. The lowest BCUT2D eigenvalue weighted by atomic mass is 9.84. The highest BCUT2D eigenvalue weighted by Gasteiger charge is 2.26. The van der Waals surface area contributed by atoms with Crippen molar-refractivity contribution in [2.75, 3.05) is 0 Å². The van der Waals surface area contributed by atoms with Gasteiger partial charge in [-0.25, -0.2) is 0 Å². The van der Waals surface area contributed by atoms with E-state index in [1.807, 2.05) is 0 Å². The zero-order chi connectivity index (χ0) is 10.7. The Bertz CT molecular complexity index is 187. The largest absolute Gasteiger partial charge is 0.328 e. The third-order valence-corrected chi connectivity index (χ3v) is 4.33. The molecular weight excluding hydrogens is 184 g/mol. The molecule has 2 fully saturated rings. The van der Waals surface area contributed by atoms with Gasteiger partial charge in [-0.15, -0.1) is 0 Å². The summed E-state index contributed by atoms with van der Waals surface area (Å²) in [5.74, 6) is 0.926. The van der Waals surface area contributed by atoms with Gasteiger partial charge in [-0.05, 0) is 44.9 Å². The molecule has 3 atom stereocenters. The number of nitrogens with one attached hydrogen (secondary N) is 1. The van der Waals surface area contributed by atoms with Gasteiger partial charge in [-0.1, -0.05) is 19.3 Å². The molecule has 0 aliphatic heterocycles. The van der Waals surface area contributed by atoms with Gasteiger partial charge in [0.25, 0.3) is 0 Å². The number of rotatable bonds is 3. The highest BCUT2D eigenvalue weighted by Crippen LogP contribution is 2.27. The molecule has 0 aromatic carbocycles. The van der Waals surface area contributed by atoms with E-state index < -0.39 is 0 Å². The average molecular weight is 210 g/mol. The molecule has 0 amide bonds. The first-order chi connectivity index (χ1) is 7.25. The van der Waals surface area contributed by atoms with Crippen molar-refractivity contribution >= 4 is 0 Å². The van der Waals surface area contributed by atoms with E-state index in [4.69, 9.17) is 5.73 Å². The van der Waals surface area contributed by atoms with Crippen molar-refractivity contribution in [1.82, 2.24) is 5.32 Å². The van der Waals surface area contributed by atoms with Gasteiger partial charge in [0.2, 0.25) is 0 Å². The molecule has 0 radical (unpaired) electrons. The molecule has 2 aliphatic rings. The standard InChI is InChI=1S/C13H26N2/c1-10(11-5-3-2-4-6-11)15-13-8-7-12(14)9-13/h10-13,15H,2-9,14H2,1H3. The second-order valence-electron chi connectivity index (χ2n) is 5.62. The molecule has 2 saturated carbocycles. The number of hydrogen-bond donors (Lipinski definition) is 2. The summed E-state index contributed by atoms with van der Waals surface area (Å²) in [6.07, 6.45) is 10.9. The summed E-state index contributed by atoms with van der Waals surface area (Å²) < 4.78 is 0. The molecule has 0 heterocycles. The second kappa shape index (κ2) is 5.31. The van der Waals surface area contributed by atoms with Gasteiger partial charge in [0.1, 0.15) is 0 Å². The maximum Gasteiger partial charge on any atom is 0.00849 e. The predicted octanol–water partition coefficient (Wildman–Crippen LogP) is 2.42. The van der Waals surface area contributed by atoms with Crippen LogP contribution in [0, 0.1) is 5.92 Å². The topological polar surface area (TPSA) is 38.0 Å². The van der Waals surface area contributed by atoms with Crippen molar-refractivity contribution in [2.24, 2.45) is 11.7 Å². The van der Waals surface area contributed by atoms with Crippen LogP contribution in [0.1, 0.15) is 58.3 Å². The summed E-state index contributed by atoms with van der Waals surface area (Å²) in [6, 6.07) is 1.87. The van der Waals surface area contributed by atoms with Crippen LogP contribution in [-0.2, 0) is 0 Å². The van der Waals surface area contributed by atoms with Gasteiger partial charge < -0.3 is 11.1 Å². The Morgan fingerprint density at radius 1 is 1.07 bits per heavy atom. The Labute approximate surface area is 94.0 Å². The molecule has 0 aromatic heterocycles. The summed E-state index contributed by atoms with van der Waals surface area (Å²) in [6.45, 7) is 2.37. The smallest absolute Gasteiger partial charge is 0.00849 e. The van der Waals surface area contributed by atoms with E-state index in [9.17, 15) is 0 Å². The van der Waals surface area contributed by atoms with Crippen molar-refractivity contribution in [3.8, 4) is 0 Å². The van der Waals surface area contributed by atoms with E-state index >= 15 is 0 Å². The lowest BCUT2D eigenvalue weighted by molar-refractivity contribution is 0.263. The van der Waals surface area contributed by atoms with E-state index in [1.54, 1.807) is 0 Å². The summed E-state index contributed by atoms with van der Waals surface area (Å²) in [7, 11) is 0. The molecular formula is C13H26N2. The van der Waals surface area contributed by atoms with E-state index in [0.717, 1.165) is 5.92 Å². The summed E-state index contributed by atoms with van der Waals surface area (Å²) >= 11 is 0. The molecule has 88 valence electrons. The third-order valence-electron chi connectivity index (χ3n) is 4.33. The second-order valence-corrected chi connectivity index (χ2v) is 5.62. The normalized spacial score (nSPS) is 35.6. The maximum atomic E-state index is 5.94. The van der Waals surface area contributed by atoms with E-state index in [-0.39, 0.29) is 0 Å². The lowest BCUT2D eigenvalue weighted by Crippen LogP contribution is -2.41. The van der Waals surface area contributed by atoms with Crippen molar-refractivity contribution in [1.29, 1.82) is 0 Å². The van der Waals surface area contributed by atoms with Crippen LogP contribution in [0.4, 0.5) is 0 Å². The Morgan fingerprint density at radius 2 is 1.80 bits per heavy atom. The Morgan fingerprint density at radius 3 is 2.40 bits per heavy atom. The van der Waals surface area contributed by atoms with Gasteiger partial charge in [0.15, 0.2) is 0 Å². The van der Waals surface area contributed by atoms with Crippen molar-refractivity contribution in [3.05, 3.63) is 0 Å². The number of hydrogen-bond acceptors (Lipinski definition) is 2. The lowest BCUT2D eigenvalue weighted by Gasteiger charge is -2.30. The first kappa shape index (κ1) is 11.4.